The molecule has 94 valence electrons. The Bertz CT molecular complexity index is 571. The van der Waals surface area contributed by atoms with Gasteiger partial charge in [-0.2, -0.15) is 0 Å². The van der Waals surface area contributed by atoms with Crippen molar-refractivity contribution in [3.63, 3.8) is 0 Å². The molecule has 0 aliphatic rings. The number of nitrogen functional groups attached to an aromatic ring is 1. The Morgan fingerprint density at radius 2 is 1.50 bits per heavy atom. The maximum absolute atomic E-state index is 6.01. The number of hydrogen-bond donors (Lipinski definition) is 1. The van der Waals surface area contributed by atoms with Gasteiger partial charge >= 0.3 is 0 Å². The monoisotopic (exact) mass is 279 g/mol. The average molecular weight is 280 g/mol. The van der Waals surface area contributed by atoms with Gasteiger partial charge < -0.3 is 5.73 Å². The predicted octanol–water partition coefficient (Wildman–Crippen LogP) is 4.78. The van der Waals surface area contributed by atoms with Crippen molar-refractivity contribution >= 4 is 28.9 Å². The van der Waals surface area contributed by atoms with Crippen LogP contribution in [0.4, 0.5) is 5.69 Å². The van der Waals surface area contributed by atoms with E-state index < -0.39 is 0 Å². The molecule has 0 aliphatic carbocycles. The molecule has 2 N–H and O–H groups in total. The van der Waals surface area contributed by atoms with Gasteiger partial charge in [0.1, 0.15) is 0 Å². The van der Waals surface area contributed by atoms with E-state index in [9.17, 15) is 0 Å². The highest BCUT2D eigenvalue weighted by atomic mass is 35.5. The zero-order valence-electron chi connectivity index (χ0n) is 10.4. The van der Waals surface area contributed by atoms with Gasteiger partial charge in [0, 0.05) is 15.7 Å². The van der Waals surface area contributed by atoms with E-state index >= 15 is 0 Å². The Kier molecular flexibility index (Phi) is 3.84. The van der Waals surface area contributed by atoms with Crippen LogP contribution in [0.2, 0.25) is 10.0 Å². The first-order chi connectivity index (χ1) is 8.45. The lowest BCUT2D eigenvalue weighted by Gasteiger charge is -2.10. The van der Waals surface area contributed by atoms with Gasteiger partial charge in [0.2, 0.25) is 0 Å². The first-order valence-corrected chi connectivity index (χ1v) is 6.52. The van der Waals surface area contributed by atoms with Crippen LogP contribution in [-0.4, -0.2) is 0 Å². The van der Waals surface area contributed by atoms with E-state index in [2.05, 4.69) is 13.0 Å². The Balaban J connectivity index is 2.36. The molecule has 2 aromatic rings. The molecule has 0 aromatic heterocycles. The molecule has 0 saturated heterocycles. The molecule has 1 nitrogen and oxygen atoms in total. The summed E-state index contributed by atoms with van der Waals surface area (Å²) in [5.74, 6) is 0. The maximum Gasteiger partial charge on any atom is 0.0423 e. The summed E-state index contributed by atoms with van der Waals surface area (Å²) in [6.45, 7) is 4.08. The molecule has 0 atom stereocenters. The molecule has 3 heteroatoms. The van der Waals surface area contributed by atoms with Crippen molar-refractivity contribution in [3.8, 4) is 0 Å². The molecular weight excluding hydrogens is 265 g/mol. The molecule has 0 fully saturated rings. The third-order valence-corrected chi connectivity index (χ3v) is 3.48. The average Bonchev–Trinajstić information content (AvgIpc) is 2.24. The second kappa shape index (κ2) is 5.21. The van der Waals surface area contributed by atoms with Crippen molar-refractivity contribution < 1.29 is 0 Å². The molecule has 0 saturated carbocycles. The third kappa shape index (κ3) is 2.98. The summed E-state index contributed by atoms with van der Waals surface area (Å²) in [4.78, 5) is 0. The van der Waals surface area contributed by atoms with Gasteiger partial charge in [-0.1, -0.05) is 29.3 Å². The summed E-state index contributed by atoms with van der Waals surface area (Å²) < 4.78 is 0. The van der Waals surface area contributed by atoms with Crippen LogP contribution in [-0.2, 0) is 6.42 Å². The van der Waals surface area contributed by atoms with Gasteiger partial charge in [-0.05, 0) is 66.8 Å². The first-order valence-electron chi connectivity index (χ1n) is 5.76. The number of anilines is 1. The quantitative estimate of drug-likeness (QED) is 0.787. The topological polar surface area (TPSA) is 26.0 Å². The van der Waals surface area contributed by atoms with Crippen molar-refractivity contribution in [2.45, 2.75) is 20.3 Å². The number of halogens is 2. The Hall–Kier alpha value is -1.18. The van der Waals surface area contributed by atoms with Gasteiger partial charge in [0.15, 0.2) is 0 Å². The van der Waals surface area contributed by atoms with Gasteiger partial charge in [-0.15, -0.1) is 0 Å². The van der Waals surface area contributed by atoms with Crippen molar-refractivity contribution in [1.29, 1.82) is 0 Å². The molecule has 0 unspecified atom stereocenters. The van der Waals surface area contributed by atoms with Crippen LogP contribution >= 0.6 is 23.2 Å². The fourth-order valence-electron chi connectivity index (χ4n) is 2.02. The molecular formula is C15H15Cl2N. The minimum absolute atomic E-state index is 0.669. The standard InChI is InChI=1S/C15H15Cl2N/c1-9-4-15(18)10(2)3-12(9)5-11-6-13(16)8-14(17)7-11/h3-4,6-8H,5,18H2,1-2H3. The molecule has 18 heavy (non-hydrogen) atoms. The fraction of sp³-hybridized carbons (Fsp3) is 0.200. The van der Waals surface area contributed by atoms with Crippen LogP contribution in [0.25, 0.3) is 0 Å². The summed E-state index contributed by atoms with van der Waals surface area (Å²) in [5.41, 5.74) is 11.4. The SMILES string of the molecule is Cc1cc(Cc2cc(Cl)cc(Cl)c2)c(C)cc1N. The van der Waals surface area contributed by atoms with Crippen LogP contribution in [0.3, 0.4) is 0 Å². The van der Waals surface area contributed by atoms with Gasteiger partial charge in [0.05, 0.1) is 0 Å². The number of hydrogen-bond acceptors (Lipinski definition) is 1. The molecule has 0 aliphatic heterocycles. The van der Waals surface area contributed by atoms with Crippen molar-refractivity contribution in [3.05, 3.63) is 62.6 Å². The second-order valence-corrected chi connectivity index (χ2v) is 5.46. The Labute approximate surface area is 118 Å². The van der Waals surface area contributed by atoms with E-state index in [1.54, 1.807) is 6.07 Å². The highest BCUT2D eigenvalue weighted by Gasteiger charge is 2.05. The highest BCUT2D eigenvalue weighted by Crippen LogP contribution is 2.24. The third-order valence-electron chi connectivity index (χ3n) is 3.04. The lowest BCUT2D eigenvalue weighted by atomic mass is 9.97. The number of rotatable bonds is 2. The lowest BCUT2D eigenvalue weighted by Crippen LogP contribution is -1.97. The minimum atomic E-state index is 0.669. The summed E-state index contributed by atoms with van der Waals surface area (Å²) in [6.07, 6.45) is 0.813. The fourth-order valence-corrected chi connectivity index (χ4v) is 2.59. The van der Waals surface area contributed by atoms with Crippen LogP contribution in [0, 0.1) is 13.8 Å². The van der Waals surface area contributed by atoms with Crippen LogP contribution in [0.5, 0.6) is 0 Å². The summed E-state index contributed by atoms with van der Waals surface area (Å²) in [7, 11) is 0. The molecule has 0 spiro atoms. The molecule has 2 aromatic carbocycles. The minimum Gasteiger partial charge on any atom is -0.399 e. The van der Waals surface area contributed by atoms with Crippen molar-refractivity contribution in [1.82, 2.24) is 0 Å². The summed E-state index contributed by atoms with van der Waals surface area (Å²) in [6, 6.07) is 9.77. The van der Waals surface area contributed by atoms with Crippen LogP contribution in [0.15, 0.2) is 30.3 Å². The Morgan fingerprint density at radius 1 is 0.889 bits per heavy atom. The lowest BCUT2D eigenvalue weighted by molar-refractivity contribution is 1.15. The van der Waals surface area contributed by atoms with Gasteiger partial charge in [-0.25, -0.2) is 0 Å². The molecule has 0 bridgehead atoms. The predicted molar refractivity (Wildman–Crippen MR) is 79.6 cm³/mol. The van der Waals surface area contributed by atoms with E-state index in [1.165, 1.54) is 11.1 Å². The zero-order valence-corrected chi connectivity index (χ0v) is 11.9. The molecule has 0 radical (unpaired) electrons. The first kappa shape index (κ1) is 13.3. The normalized spacial score (nSPS) is 10.7. The highest BCUT2D eigenvalue weighted by molar-refractivity contribution is 6.34. The van der Waals surface area contributed by atoms with E-state index in [1.807, 2.05) is 25.1 Å². The number of benzene rings is 2. The van der Waals surface area contributed by atoms with Gasteiger partial charge in [-0.3, -0.25) is 0 Å². The second-order valence-electron chi connectivity index (χ2n) is 4.59. The zero-order chi connectivity index (χ0) is 13.3. The van der Waals surface area contributed by atoms with Crippen molar-refractivity contribution in [2.75, 3.05) is 5.73 Å². The maximum atomic E-state index is 6.01. The van der Waals surface area contributed by atoms with E-state index in [0.717, 1.165) is 23.2 Å². The van der Waals surface area contributed by atoms with Gasteiger partial charge in [0.25, 0.3) is 0 Å². The van der Waals surface area contributed by atoms with E-state index in [4.69, 9.17) is 28.9 Å². The summed E-state index contributed by atoms with van der Waals surface area (Å²) >= 11 is 12.0. The summed E-state index contributed by atoms with van der Waals surface area (Å²) in [5, 5.41) is 1.34. The van der Waals surface area contributed by atoms with Crippen LogP contribution in [0.1, 0.15) is 22.3 Å². The van der Waals surface area contributed by atoms with Crippen LogP contribution < -0.4 is 5.73 Å². The largest absolute Gasteiger partial charge is 0.399 e. The molecule has 0 heterocycles. The van der Waals surface area contributed by atoms with Crippen molar-refractivity contribution in [2.24, 2.45) is 0 Å². The molecule has 2 rings (SSSR count). The van der Waals surface area contributed by atoms with E-state index in [0.29, 0.717) is 10.0 Å². The Morgan fingerprint density at radius 3 is 2.11 bits per heavy atom. The molecule has 0 amide bonds. The number of aryl methyl sites for hydroxylation is 2. The smallest absolute Gasteiger partial charge is 0.0423 e. The number of nitrogens with two attached hydrogens (primary N) is 1. The van der Waals surface area contributed by atoms with E-state index in [-0.39, 0.29) is 0 Å².